The van der Waals surface area contributed by atoms with Gasteiger partial charge in [-0.1, -0.05) is 13.3 Å². The lowest BCUT2D eigenvalue weighted by Crippen LogP contribution is -2.42. The number of carboxylic acid groups (broad SMARTS) is 1. The largest absolute Gasteiger partial charge is 0.480 e. The molecule has 0 aromatic heterocycles. The van der Waals surface area contributed by atoms with Gasteiger partial charge in [0.25, 0.3) is 0 Å². The van der Waals surface area contributed by atoms with Gasteiger partial charge in [-0.05, 0) is 30.6 Å². The molecule has 0 spiro atoms. The van der Waals surface area contributed by atoms with Crippen molar-refractivity contribution >= 4 is 5.97 Å². The Kier molecular flexibility index (Phi) is 4.05. The first-order valence-corrected chi connectivity index (χ1v) is 6.59. The lowest BCUT2D eigenvalue weighted by Gasteiger charge is -2.26. The van der Waals surface area contributed by atoms with Gasteiger partial charge in [-0.3, -0.25) is 9.69 Å². The molecule has 1 aliphatic carbocycles. The van der Waals surface area contributed by atoms with Gasteiger partial charge in [0.05, 0.1) is 0 Å². The molecule has 1 N–H and O–H groups in total. The van der Waals surface area contributed by atoms with Crippen LogP contribution in [-0.4, -0.2) is 48.8 Å². The molecule has 0 aromatic carbocycles. The van der Waals surface area contributed by atoms with Crippen LogP contribution in [0.3, 0.4) is 0 Å². The molecule has 2 rings (SSSR count). The number of hydrogen-bond donors (Lipinski definition) is 1. The molecule has 1 saturated heterocycles. The molecular formula is C13H23NO3. The van der Waals surface area contributed by atoms with Crippen LogP contribution in [0.15, 0.2) is 0 Å². The van der Waals surface area contributed by atoms with E-state index < -0.39 is 5.97 Å². The SMILES string of the molecule is COCC(C)CN1CC2CCCC2C1C(=O)O. The average molecular weight is 241 g/mol. The summed E-state index contributed by atoms with van der Waals surface area (Å²) in [6, 6.07) is -0.248. The highest BCUT2D eigenvalue weighted by Gasteiger charge is 2.47. The lowest BCUT2D eigenvalue weighted by atomic mass is 9.94. The first kappa shape index (κ1) is 12.8. The van der Waals surface area contributed by atoms with Crippen LogP contribution in [0.1, 0.15) is 26.2 Å². The van der Waals surface area contributed by atoms with E-state index in [4.69, 9.17) is 4.74 Å². The van der Waals surface area contributed by atoms with E-state index in [1.165, 1.54) is 12.8 Å². The number of hydrogen-bond acceptors (Lipinski definition) is 3. The van der Waals surface area contributed by atoms with Crippen LogP contribution in [-0.2, 0) is 9.53 Å². The summed E-state index contributed by atoms with van der Waals surface area (Å²) in [7, 11) is 1.70. The van der Waals surface area contributed by atoms with E-state index >= 15 is 0 Å². The number of ether oxygens (including phenoxy) is 1. The summed E-state index contributed by atoms with van der Waals surface area (Å²) >= 11 is 0. The molecule has 0 aromatic rings. The summed E-state index contributed by atoms with van der Waals surface area (Å²) in [6.07, 6.45) is 3.51. The number of carboxylic acids is 1. The van der Waals surface area contributed by atoms with Gasteiger partial charge in [0.1, 0.15) is 6.04 Å². The quantitative estimate of drug-likeness (QED) is 0.791. The van der Waals surface area contributed by atoms with Crippen LogP contribution in [0, 0.1) is 17.8 Å². The van der Waals surface area contributed by atoms with Gasteiger partial charge in [-0.2, -0.15) is 0 Å². The molecular weight excluding hydrogens is 218 g/mol. The topological polar surface area (TPSA) is 49.8 Å². The summed E-state index contributed by atoms with van der Waals surface area (Å²) < 4.78 is 5.13. The summed E-state index contributed by atoms with van der Waals surface area (Å²) in [6.45, 7) is 4.64. The predicted octanol–water partition coefficient (Wildman–Crippen LogP) is 1.45. The summed E-state index contributed by atoms with van der Waals surface area (Å²) in [5, 5.41) is 9.40. The highest BCUT2D eigenvalue weighted by atomic mass is 16.5. The van der Waals surface area contributed by atoms with Crippen LogP contribution in [0.25, 0.3) is 0 Å². The maximum atomic E-state index is 11.4. The maximum absolute atomic E-state index is 11.4. The van der Waals surface area contributed by atoms with Crippen molar-refractivity contribution in [2.24, 2.45) is 17.8 Å². The minimum atomic E-state index is -0.635. The number of likely N-dealkylation sites (tertiary alicyclic amines) is 1. The minimum absolute atomic E-state index is 0.248. The Balaban J connectivity index is 1.99. The van der Waals surface area contributed by atoms with Gasteiger partial charge in [0.15, 0.2) is 0 Å². The molecule has 98 valence electrons. The Bertz CT molecular complexity index is 282. The monoisotopic (exact) mass is 241 g/mol. The molecule has 4 nitrogen and oxygen atoms in total. The van der Waals surface area contributed by atoms with Crippen molar-refractivity contribution in [1.82, 2.24) is 4.90 Å². The zero-order valence-corrected chi connectivity index (χ0v) is 10.8. The fourth-order valence-corrected chi connectivity index (χ4v) is 3.66. The highest BCUT2D eigenvalue weighted by molar-refractivity contribution is 5.74. The molecule has 1 saturated carbocycles. The van der Waals surface area contributed by atoms with Gasteiger partial charge in [0.2, 0.25) is 0 Å². The second-order valence-electron chi connectivity index (χ2n) is 5.65. The van der Waals surface area contributed by atoms with Crippen molar-refractivity contribution in [3.05, 3.63) is 0 Å². The third kappa shape index (κ3) is 2.63. The number of nitrogens with zero attached hydrogens (tertiary/aromatic N) is 1. The van der Waals surface area contributed by atoms with Crippen molar-refractivity contribution in [2.45, 2.75) is 32.2 Å². The zero-order chi connectivity index (χ0) is 12.4. The number of fused-ring (bicyclic) bond motifs is 1. The van der Waals surface area contributed by atoms with E-state index in [0.29, 0.717) is 24.4 Å². The number of carbonyl (C=O) groups is 1. The van der Waals surface area contributed by atoms with Crippen molar-refractivity contribution in [3.8, 4) is 0 Å². The molecule has 0 amide bonds. The van der Waals surface area contributed by atoms with Gasteiger partial charge in [-0.25, -0.2) is 0 Å². The van der Waals surface area contributed by atoms with Crippen molar-refractivity contribution in [2.75, 3.05) is 26.8 Å². The number of rotatable bonds is 5. The molecule has 17 heavy (non-hydrogen) atoms. The van der Waals surface area contributed by atoms with Gasteiger partial charge in [-0.15, -0.1) is 0 Å². The van der Waals surface area contributed by atoms with E-state index in [0.717, 1.165) is 19.5 Å². The molecule has 4 unspecified atom stereocenters. The first-order chi connectivity index (χ1) is 8.13. The van der Waals surface area contributed by atoms with Crippen molar-refractivity contribution in [3.63, 3.8) is 0 Å². The molecule has 4 heteroatoms. The van der Waals surface area contributed by atoms with Crippen LogP contribution in [0.2, 0.25) is 0 Å². The third-order valence-corrected chi connectivity index (χ3v) is 4.24. The molecule has 2 fully saturated rings. The van der Waals surface area contributed by atoms with Crippen LogP contribution in [0.5, 0.6) is 0 Å². The van der Waals surface area contributed by atoms with Crippen LogP contribution in [0.4, 0.5) is 0 Å². The second-order valence-corrected chi connectivity index (χ2v) is 5.65. The fraction of sp³-hybridized carbons (Fsp3) is 0.923. The smallest absolute Gasteiger partial charge is 0.321 e. The van der Waals surface area contributed by atoms with Crippen molar-refractivity contribution < 1.29 is 14.6 Å². The van der Waals surface area contributed by atoms with Crippen LogP contribution < -0.4 is 0 Å². The van der Waals surface area contributed by atoms with E-state index in [-0.39, 0.29) is 6.04 Å². The standard InChI is InChI=1S/C13H23NO3/c1-9(8-17-2)6-14-7-10-4-3-5-11(10)12(14)13(15)16/h9-12H,3-8H2,1-2H3,(H,15,16). The summed E-state index contributed by atoms with van der Waals surface area (Å²) in [4.78, 5) is 13.6. The Morgan fingerprint density at radius 3 is 2.94 bits per heavy atom. The summed E-state index contributed by atoms with van der Waals surface area (Å²) in [5.41, 5.74) is 0. The third-order valence-electron chi connectivity index (χ3n) is 4.24. The number of methoxy groups -OCH3 is 1. The fourth-order valence-electron chi connectivity index (χ4n) is 3.66. The van der Waals surface area contributed by atoms with Gasteiger partial charge in [0, 0.05) is 26.8 Å². The Morgan fingerprint density at radius 2 is 2.29 bits per heavy atom. The molecule has 0 bridgehead atoms. The van der Waals surface area contributed by atoms with Gasteiger partial charge >= 0.3 is 5.97 Å². The average Bonchev–Trinajstić information content (AvgIpc) is 2.76. The Morgan fingerprint density at radius 1 is 1.53 bits per heavy atom. The Labute approximate surface area is 103 Å². The molecule has 2 aliphatic rings. The van der Waals surface area contributed by atoms with Gasteiger partial charge < -0.3 is 9.84 Å². The van der Waals surface area contributed by atoms with E-state index in [1.807, 2.05) is 0 Å². The summed E-state index contributed by atoms with van der Waals surface area (Å²) in [5.74, 6) is 0.776. The molecule has 1 heterocycles. The first-order valence-electron chi connectivity index (χ1n) is 6.59. The molecule has 4 atom stereocenters. The predicted molar refractivity (Wildman–Crippen MR) is 64.9 cm³/mol. The number of aliphatic carboxylic acids is 1. The highest BCUT2D eigenvalue weighted by Crippen LogP contribution is 2.42. The van der Waals surface area contributed by atoms with E-state index in [1.54, 1.807) is 7.11 Å². The van der Waals surface area contributed by atoms with Crippen molar-refractivity contribution in [1.29, 1.82) is 0 Å². The minimum Gasteiger partial charge on any atom is -0.480 e. The van der Waals surface area contributed by atoms with E-state index in [9.17, 15) is 9.90 Å². The zero-order valence-electron chi connectivity index (χ0n) is 10.8. The lowest BCUT2D eigenvalue weighted by molar-refractivity contribution is -0.143. The Hall–Kier alpha value is -0.610. The van der Waals surface area contributed by atoms with Crippen LogP contribution >= 0.6 is 0 Å². The molecule has 1 aliphatic heterocycles. The van der Waals surface area contributed by atoms with E-state index in [2.05, 4.69) is 11.8 Å². The maximum Gasteiger partial charge on any atom is 0.321 e. The second kappa shape index (κ2) is 5.36. The normalized spacial score (nSPS) is 34.8. The molecule has 0 radical (unpaired) electrons.